The van der Waals surface area contributed by atoms with E-state index in [0.717, 1.165) is 10.0 Å². The molecule has 3 rings (SSSR count). The summed E-state index contributed by atoms with van der Waals surface area (Å²) in [5, 5.41) is 2.47. The molecule has 0 bridgehead atoms. The molecule has 0 spiro atoms. The van der Waals surface area contributed by atoms with Crippen LogP contribution in [0, 0.1) is 0 Å². The zero-order valence-corrected chi connectivity index (χ0v) is 17.2. The highest BCUT2D eigenvalue weighted by atomic mass is 79.9. The summed E-state index contributed by atoms with van der Waals surface area (Å²) >= 11 is 3.03. The van der Waals surface area contributed by atoms with Crippen molar-refractivity contribution < 1.29 is 22.7 Å². The minimum absolute atomic E-state index is 0.0807. The minimum Gasteiger partial charge on any atom is -0.381 e. The second-order valence-electron chi connectivity index (χ2n) is 6.49. The molecule has 1 amide bonds. The van der Waals surface area contributed by atoms with Crippen molar-refractivity contribution in [3.63, 3.8) is 0 Å². The topological polar surface area (TPSA) is 51.2 Å². The smallest absolute Gasteiger partial charge is 0.381 e. The highest BCUT2D eigenvalue weighted by Crippen LogP contribution is 2.38. The summed E-state index contributed by atoms with van der Waals surface area (Å²) in [6.45, 7) is 1.43. The molecule has 1 aliphatic rings. The monoisotopic (exact) mass is 474 g/mol. The maximum absolute atomic E-state index is 12.7. The van der Waals surface area contributed by atoms with Crippen molar-refractivity contribution in [3.05, 3.63) is 58.2 Å². The lowest BCUT2D eigenvalue weighted by Gasteiger charge is -2.38. The van der Waals surface area contributed by atoms with Gasteiger partial charge in [0, 0.05) is 47.6 Å². The molecule has 0 atom stereocenters. The molecular formula is C19H18BrF3N2O2S. The normalized spacial score (nSPS) is 16.6. The van der Waals surface area contributed by atoms with Crippen LogP contribution in [0.3, 0.4) is 0 Å². The Hall–Kier alpha value is -1.58. The van der Waals surface area contributed by atoms with Gasteiger partial charge < -0.3 is 10.1 Å². The number of amides is 1. The molecule has 1 aliphatic heterocycles. The third-order valence-corrected chi connectivity index (χ3v) is 6.00. The Bertz CT molecular complexity index is 825. The van der Waals surface area contributed by atoms with Crippen LogP contribution in [0.25, 0.3) is 0 Å². The van der Waals surface area contributed by atoms with Crippen molar-refractivity contribution in [2.75, 3.05) is 19.8 Å². The first kappa shape index (κ1) is 21.1. The first-order valence-electron chi connectivity index (χ1n) is 8.62. The Morgan fingerprint density at radius 2 is 1.89 bits per heavy atom. The zero-order valence-electron chi connectivity index (χ0n) is 14.8. The Labute approximate surface area is 173 Å². The quantitative estimate of drug-likeness (QED) is 0.623. The number of hydrogen-bond acceptors (Lipinski definition) is 4. The predicted octanol–water partition coefficient (Wildman–Crippen LogP) is 4.93. The van der Waals surface area contributed by atoms with Gasteiger partial charge in [-0.2, -0.15) is 13.2 Å². The van der Waals surface area contributed by atoms with E-state index in [-0.39, 0.29) is 27.8 Å². The van der Waals surface area contributed by atoms with E-state index in [9.17, 15) is 18.0 Å². The number of thioether (sulfide) groups is 1. The van der Waals surface area contributed by atoms with Gasteiger partial charge in [-0.1, -0.05) is 28.1 Å². The maximum atomic E-state index is 12.7. The number of aromatic nitrogens is 1. The molecule has 150 valence electrons. The molecule has 2 aromatic rings. The SMILES string of the molecule is O=C(NCC1(c2ccc(Br)cc2)CCOCC1)c1cccnc1SC(F)(F)F. The van der Waals surface area contributed by atoms with Gasteiger partial charge in [-0.05, 0) is 42.7 Å². The number of rotatable bonds is 5. The molecular weight excluding hydrogens is 457 g/mol. The van der Waals surface area contributed by atoms with Gasteiger partial charge in [-0.15, -0.1) is 0 Å². The Balaban J connectivity index is 1.79. The second kappa shape index (κ2) is 8.84. The maximum Gasteiger partial charge on any atom is 0.447 e. The summed E-state index contributed by atoms with van der Waals surface area (Å²) in [5.41, 5.74) is -3.85. The van der Waals surface area contributed by atoms with Crippen LogP contribution in [0.1, 0.15) is 28.8 Å². The van der Waals surface area contributed by atoms with Crippen LogP contribution in [0.15, 0.2) is 52.1 Å². The van der Waals surface area contributed by atoms with Crippen LogP contribution >= 0.6 is 27.7 Å². The minimum atomic E-state index is -4.51. The van der Waals surface area contributed by atoms with Gasteiger partial charge >= 0.3 is 5.51 Å². The standard InChI is InChI=1S/C19H18BrF3N2O2S/c20-14-5-3-13(4-6-14)18(7-10-27-11-8-18)12-25-16(26)15-2-1-9-24-17(15)28-19(21,22)23/h1-6,9H,7-8,10-12H2,(H,25,26). The van der Waals surface area contributed by atoms with E-state index in [1.54, 1.807) is 0 Å². The lowest BCUT2D eigenvalue weighted by Crippen LogP contribution is -2.44. The van der Waals surface area contributed by atoms with E-state index < -0.39 is 11.4 Å². The second-order valence-corrected chi connectivity index (χ2v) is 8.46. The van der Waals surface area contributed by atoms with Crippen molar-refractivity contribution in [3.8, 4) is 0 Å². The third-order valence-electron chi connectivity index (χ3n) is 4.72. The zero-order chi connectivity index (χ0) is 20.2. The van der Waals surface area contributed by atoms with E-state index in [1.807, 2.05) is 24.3 Å². The molecule has 0 radical (unpaired) electrons. The predicted molar refractivity (Wildman–Crippen MR) is 104 cm³/mol. The van der Waals surface area contributed by atoms with Gasteiger partial charge in [0.1, 0.15) is 5.03 Å². The fourth-order valence-electron chi connectivity index (χ4n) is 3.23. The lowest BCUT2D eigenvalue weighted by molar-refractivity contribution is -0.0329. The van der Waals surface area contributed by atoms with Gasteiger partial charge in [0.25, 0.3) is 5.91 Å². The van der Waals surface area contributed by atoms with Crippen molar-refractivity contribution in [1.82, 2.24) is 10.3 Å². The molecule has 1 N–H and O–H groups in total. The van der Waals surface area contributed by atoms with Crippen molar-refractivity contribution >= 4 is 33.6 Å². The largest absolute Gasteiger partial charge is 0.447 e. The Morgan fingerprint density at radius 1 is 1.21 bits per heavy atom. The van der Waals surface area contributed by atoms with E-state index in [1.165, 1.54) is 18.3 Å². The molecule has 2 heterocycles. The van der Waals surface area contributed by atoms with Crippen LogP contribution in [0.2, 0.25) is 0 Å². The molecule has 28 heavy (non-hydrogen) atoms. The summed E-state index contributed by atoms with van der Waals surface area (Å²) in [6, 6.07) is 10.7. The number of carbonyl (C=O) groups excluding carboxylic acids is 1. The number of benzene rings is 1. The molecule has 1 saturated heterocycles. The summed E-state index contributed by atoms with van der Waals surface area (Å²) in [5.74, 6) is -0.567. The van der Waals surface area contributed by atoms with Crippen LogP contribution in [-0.2, 0) is 10.2 Å². The fraction of sp³-hybridized carbons (Fsp3) is 0.368. The molecule has 0 aliphatic carbocycles. The number of pyridine rings is 1. The number of nitrogens with zero attached hydrogens (tertiary/aromatic N) is 1. The summed E-state index contributed by atoms with van der Waals surface area (Å²) < 4.78 is 44.7. The van der Waals surface area contributed by atoms with E-state index >= 15 is 0 Å². The number of nitrogens with one attached hydrogen (secondary N) is 1. The van der Waals surface area contributed by atoms with Crippen LogP contribution in [0.5, 0.6) is 0 Å². The van der Waals surface area contributed by atoms with E-state index in [2.05, 4.69) is 26.2 Å². The Kier molecular flexibility index (Phi) is 6.67. The van der Waals surface area contributed by atoms with Gasteiger partial charge in [0.2, 0.25) is 0 Å². The number of carbonyl (C=O) groups is 1. The van der Waals surface area contributed by atoms with Crippen molar-refractivity contribution in [2.24, 2.45) is 0 Å². The molecule has 4 nitrogen and oxygen atoms in total. The molecule has 1 aromatic heterocycles. The van der Waals surface area contributed by atoms with Crippen LogP contribution < -0.4 is 5.32 Å². The number of alkyl halides is 3. The van der Waals surface area contributed by atoms with Crippen LogP contribution in [0.4, 0.5) is 13.2 Å². The van der Waals surface area contributed by atoms with Gasteiger partial charge in [0.15, 0.2) is 0 Å². The van der Waals surface area contributed by atoms with Crippen molar-refractivity contribution in [1.29, 1.82) is 0 Å². The first-order valence-corrected chi connectivity index (χ1v) is 10.2. The number of ether oxygens (including phenoxy) is 1. The molecule has 0 unspecified atom stereocenters. The van der Waals surface area contributed by atoms with Gasteiger partial charge in [-0.25, -0.2) is 4.98 Å². The van der Waals surface area contributed by atoms with E-state index in [4.69, 9.17) is 4.74 Å². The van der Waals surface area contributed by atoms with Gasteiger partial charge in [-0.3, -0.25) is 4.79 Å². The fourth-order valence-corrected chi connectivity index (χ4v) is 4.10. The summed E-state index contributed by atoms with van der Waals surface area (Å²) in [4.78, 5) is 16.4. The lowest BCUT2D eigenvalue weighted by atomic mass is 9.74. The summed E-state index contributed by atoms with van der Waals surface area (Å²) in [6.07, 6.45) is 2.67. The highest BCUT2D eigenvalue weighted by molar-refractivity contribution is 9.10. The van der Waals surface area contributed by atoms with Crippen LogP contribution in [-0.4, -0.2) is 36.2 Å². The van der Waals surface area contributed by atoms with Crippen molar-refractivity contribution in [2.45, 2.75) is 28.8 Å². The molecule has 1 aromatic carbocycles. The number of halogens is 4. The molecule has 0 saturated carbocycles. The first-order chi connectivity index (χ1) is 13.3. The summed E-state index contributed by atoms with van der Waals surface area (Å²) in [7, 11) is 0. The average molecular weight is 475 g/mol. The highest BCUT2D eigenvalue weighted by Gasteiger charge is 2.36. The molecule has 1 fully saturated rings. The van der Waals surface area contributed by atoms with E-state index in [0.29, 0.717) is 32.6 Å². The number of hydrogen-bond donors (Lipinski definition) is 1. The van der Waals surface area contributed by atoms with Gasteiger partial charge in [0.05, 0.1) is 5.56 Å². The molecule has 9 heteroatoms. The Morgan fingerprint density at radius 3 is 2.54 bits per heavy atom. The average Bonchev–Trinajstić information content (AvgIpc) is 2.66. The third kappa shape index (κ3) is 5.27.